The van der Waals surface area contributed by atoms with Crippen LogP contribution in [-0.4, -0.2) is 28.6 Å². The smallest absolute Gasteiger partial charge is 0.311 e. The lowest BCUT2D eigenvalue weighted by Gasteiger charge is -2.03. The average molecular weight is 398 g/mol. The summed E-state index contributed by atoms with van der Waals surface area (Å²) in [5.41, 5.74) is 2.60. The summed E-state index contributed by atoms with van der Waals surface area (Å²) >= 11 is 6.19. The van der Waals surface area contributed by atoms with Crippen LogP contribution in [0, 0.1) is 0 Å². The van der Waals surface area contributed by atoms with Crippen LogP contribution in [0.15, 0.2) is 64.4 Å². The topological polar surface area (TPSA) is 76.5 Å². The second-order valence-corrected chi connectivity index (χ2v) is 6.59. The Morgan fingerprint density at radius 2 is 1.82 bits per heavy atom. The van der Waals surface area contributed by atoms with Crippen molar-refractivity contribution < 1.29 is 9.53 Å². The summed E-state index contributed by atoms with van der Waals surface area (Å²) in [5, 5.41) is 3.63. The Labute approximate surface area is 167 Å². The van der Waals surface area contributed by atoms with Gasteiger partial charge in [-0.1, -0.05) is 48.0 Å². The van der Waals surface area contributed by atoms with Gasteiger partial charge in [-0.05, 0) is 30.7 Å². The normalized spacial score (nSPS) is 11.5. The summed E-state index contributed by atoms with van der Waals surface area (Å²) in [6, 6.07) is 16.6. The van der Waals surface area contributed by atoms with Crippen LogP contribution in [0.5, 0.6) is 0 Å². The number of aromatic amines is 1. The van der Waals surface area contributed by atoms with Crippen LogP contribution in [0.1, 0.15) is 23.7 Å². The number of ether oxygens (including phenoxy) is 1. The van der Waals surface area contributed by atoms with Gasteiger partial charge in [0.2, 0.25) is 0 Å². The zero-order valence-electron chi connectivity index (χ0n) is 15.6. The monoisotopic (exact) mass is 397 g/mol. The van der Waals surface area contributed by atoms with Crippen molar-refractivity contribution in [1.82, 2.24) is 9.78 Å². The van der Waals surface area contributed by atoms with Crippen LogP contribution in [0.3, 0.4) is 0 Å². The quantitative estimate of drug-likeness (QED) is 0.510. The van der Waals surface area contributed by atoms with Gasteiger partial charge < -0.3 is 4.74 Å². The predicted octanol–water partition coefficient (Wildman–Crippen LogP) is 3.54. The Hall–Kier alpha value is -3.12. The fraction of sp³-hybridized carbons (Fsp3) is 0.190. The SMILES string of the molecule is COC(=O)Cc1[nH]n(-c2ccccc2)c(=O)c1C(C)=NCc1ccccc1Cl. The van der Waals surface area contributed by atoms with E-state index in [1.54, 1.807) is 25.1 Å². The van der Waals surface area contributed by atoms with Crippen LogP contribution >= 0.6 is 11.6 Å². The molecule has 144 valence electrons. The molecule has 0 unspecified atom stereocenters. The van der Waals surface area contributed by atoms with Crippen molar-refractivity contribution >= 4 is 23.3 Å². The molecule has 3 rings (SSSR count). The van der Waals surface area contributed by atoms with Crippen LogP contribution < -0.4 is 5.56 Å². The number of aromatic nitrogens is 2. The third-order valence-corrected chi connectivity index (χ3v) is 4.70. The number of rotatable bonds is 6. The van der Waals surface area contributed by atoms with Crippen LogP contribution in [-0.2, 0) is 22.5 Å². The predicted molar refractivity (Wildman–Crippen MR) is 109 cm³/mol. The molecule has 0 fully saturated rings. The van der Waals surface area contributed by atoms with Crippen molar-refractivity contribution in [3.63, 3.8) is 0 Å². The van der Waals surface area contributed by atoms with Crippen LogP contribution in [0.4, 0.5) is 0 Å². The molecule has 0 saturated heterocycles. The van der Waals surface area contributed by atoms with E-state index in [0.717, 1.165) is 5.56 Å². The highest BCUT2D eigenvalue weighted by Crippen LogP contribution is 2.17. The molecule has 0 aliphatic heterocycles. The van der Waals surface area contributed by atoms with Gasteiger partial charge in [0.05, 0.1) is 37.0 Å². The minimum Gasteiger partial charge on any atom is -0.469 e. The molecule has 28 heavy (non-hydrogen) atoms. The van der Waals surface area contributed by atoms with E-state index in [2.05, 4.69) is 10.1 Å². The van der Waals surface area contributed by atoms with Crippen LogP contribution in [0.25, 0.3) is 5.69 Å². The standard InChI is InChI=1S/C21H20ClN3O3/c1-14(23-13-15-8-6-7-11-17(15)22)20-18(12-19(26)28-2)24-25(21(20)27)16-9-4-3-5-10-16/h3-11,24H,12-13H2,1-2H3. The second kappa shape index (κ2) is 8.71. The van der Waals surface area contributed by atoms with E-state index in [9.17, 15) is 9.59 Å². The number of para-hydroxylation sites is 1. The third-order valence-electron chi connectivity index (χ3n) is 4.33. The molecule has 0 spiro atoms. The number of aliphatic imine (C=N–C) groups is 1. The maximum Gasteiger partial charge on any atom is 0.311 e. The molecule has 1 heterocycles. The van der Waals surface area contributed by atoms with Gasteiger partial charge in [0.15, 0.2) is 0 Å². The maximum atomic E-state index is 13.1. The highest BCUT2D eigenvalue weighted by atomic mass is 35.5. The Balaban J connectivity index is 2.03. The Kier molecular flexibility index (Phi) is 6.11. The number of nitrogens with one attached hydrogen (secondary N) is 1. The second-order valence-electron chi connectivity index (χ2n) is 6.19. The van der Waals surface area contributed by atoms with Crippen molar-refractivity contribution in [3.05, 3.63) is 86.8 Å². The van der Waals surface area contributed by atoms with Gasteiger partial charge in [-0.2, -0.15) is 0 Å². The summed E-state index contributed by atoms with van der Waals surface area (Å²) in [7, 11) is 1.31. The van der Waals surface area contributed by atoms with E-state index in [4.69, 9.17) is 16.3 Å². The number of nitrogens with zero attached hydrogens (tertiary/aromatic N) is 2. The first-order valence-electron chi connectivity index (χ1n) is 8.72. The molecule has 0 amide bonds. The Bertz CT molecular complexity index is 1070. The van der Waals surface area contributed by atoms with Gasteiger partial charge in [-0.15, -0.1) is 0 Å². The lowest BCUT2D eigenvalue weighted by Crippen LogP contribution is -2.20. The number of methoxy groups -OCH3 is 1. The maximum absolute atomic E-state index is 13.1. The summed E-state index contributed by atoms with van der Waals surface area (Å²) in [6.07, 6.45) is -0.0557. The summed E-state index contributed by atoms with van der Waals surface area (Å²) in [6.45, 7) is 2.08. The van der Waals surface area contributed by atoms with Gasteiger partial charge in [-0.25, -0.2) is 4.68 Å². The van der Waals surface area contributed by atoms with E-state index < -0.39 is 5.97 Å². The fourth-order valence-electron chi connectivity index (χ4n) is 2.87. The van der Waals surface area contributed by atoms with Gasteiger partial charge in [0, 0.05) is 10.7 Å². The number of benzene rings is 2. The number of carbonyl (C=O) groups is 1. The first-order chi connectivity index (χ1) is 13.5. The number of halogens is 1. The lowest BCUT2D eigenvalue weighted by molar-refractivity contribution is -0.139. The molecular formula is C21H20ClN3O3. The number of carbonyl (C=O) groups excluding carboxylic acids is 1. The number of esters is 1. The van der Waals surface area contributed by atoms with E-state index in [-0.39, 0.29) is 12.0 Å². The zero-order chi connectivity index (χ0) is 20.1. The molecule has 1 aromatic heterocycles. The summed E-state index contributed by atoms with van der Waals surface area (Å²) in [5.74, 6) is -0.443. The molecule has 3 aromatic rings. The van der Waals surface area contributed by atoms with Crippen molar-refractivity contribution in [2.24, 2.45) is 4.99 Å². The first-order valence-corrected chi connectivity index (χ1v) is 9.10. The molecule has 0 radical (unpaired) electrons. The molecule has 0 atom stereocenters. The van der Waals surface area contributed by atoms with E-state index in [1.807, 2.05) is 36.4 Å². The number of hydrogen-bond donors (Lipinski definition) is 1. The van der Waals surface area contributed by atoms with E-state index in [0.29, 0.717) is 34.2 Å². The highest BCUT2D eigenvalue weighted by Gasteiger charge is 2.20. The van der Waals surface area contributed by atoms with Gasteiger partial charge in [-0.3, -0.25) is 19.7 Å². The van der Waals surface area contributed by atoms with Crippen molar-refractivity contribution in [2.75, 3.05) is 7.11 Å². The Morgan fingerprint density at radius 3 is 2.50 bits per heavy atom. The lowest BCUT2D eigenvalue weighted by atomic mass is 10.1. The molecule has 0 bridgehead atoms. The largest absolute Gasteiger partial charge is 0.469 e. The van der Waals surface area contributed by atoms with Gasteiger partial charge in [0.25, 0.3) is 5.56 Å². The average Bonchev–Trinajstić information content (AvgIpc) is 3.03. The van der Waals surface area contributed by atoms with E-state index in [1.165, 1.54) is 11.8 Å². The minimum atomic E-state index is -0.443. The van der Waals surface area contributed by atoms with Crippen LogP contribution in [0.2, 0.25) is 5.02 Å². The summed E-state index contributed by atoms with van der Waals surface area (Å²) in [4.78, 5) is 29.4. The van der Waals surface area contributed by atoms with Gasteiger partial charge in [0.1, 0.15) is 0 Å². The Morgan fingerprint density at radius 1 is 1.14 bits per heavy atom. The third kappa shape index (κ3) is 4.23. The number of hydrogen-bond acceptors (Lipinski definition) is 4. The number of H-pyrrole nitrogens is 1. The minimum absolute atomic E-state index is 0.0557. The molecule has 7 heteroatoms. The molecule has 2 aromatic carbocycles. The van der Waals surface area contributed by atoms with Crippen molar-refractivity contribution in [2.45, 2.75) is 19.9 Å². The van der Waals surface area contributed by atoms with E-state index >= 15 is 0 Å². The highest BCUT2D eigenvalue weighted by molar-refractivity contribution is 6.31. The molecule has 0 saturated carbocycles. The van der Waals surface area contributed by atoms with Crippen molar-refractivity contribution in [3.8, 4) is 5.69 Å². The fourth-order valence-corrected chi connectivity index (χ4v) is 3.06. The molecule has 6 nitrogen and oxygen atoms in total. The summed E-state index contributed by atoms with van der Waals surface area (Å²) < 4.78 is 6.17. The molecular weight excluding hydrogens is 378 g/mol. The van der Waals surface area contributed by atoms with Crippen molar-refractivity contribution in [1.29, 1.82) is 0 Å². The molecule has 0 aliphatic carbocycles. The van der Waals surface area contributed by atoms with Gasteiger partial charge >= 0.3 is 5.97 Å². The first kappa shape index (κ1) is 19.6. The molecule has 1 N–H and O–H groups in total. The zero-order valence-corrected chi connectivity index (χ0v) is 16.4. The molecule has 0 aliphatic rings.